The van der Waals surface area contributed by atoms with Crippen molar-refractivity contribution in [1.82, 2.24) is 4.90 Å². The van der Waals surface area contributed by atoms with Gasteiger partial charge in [-0.3, -0.25) is 4.79 Å². The van der Waals surface area contributed by atoms with Crippen LogP contribution in [0.3, 0.4) is 0 Å². The van der Waals surface area contributed by atoms with Crippen LogP contribution in [0.4, 0.5) is 0 Å². The first kappa shape index (κ1) is 11.7. The van der Waals surface area contributed by atoms with Crippen LogP contribution < -0.4 is 0 Å². The van der Waals surface area contributed by atoms with E-state index in [-0.39, 0.29) is 0 Å². The van der Waals surface area contributed by atoms with Gasteiger partial charge in [-0.25, -0.2) is 0 Å². The van der Waals surface area contributed by atoms with Gasteiger partial charge in [0.1, 0.15) is 5.78 Å². The van der Waals surface area contributed by atoms with E-state index < -0.39 is 0 Å². The molecule has 0 spiro atoms. The number of carbonyl (C=O) groups excluding carboxylic acids is 1. The first-order valence-corrected chi connectivity index (χ1v) is 5.66. The smallest absolute Gasteiger partial charge is 0.149 e. The van der Waals surface area contributed by atoms with Crippen LogP contribution in [0.15, 0.2) is 0 Å². The second kappa shape index (κ2) is 4.92. The molecule has 0 heterocycles. The lowest BCUT2D eigenvalue weighted by atomic mass is 9.75. The standard InChI is InChI=1S/C12H23NO/c1-9-5-10(2)7-11(6-9)12(14)8-13(3)4/h9-11H,5-8H2,1-4H3. The number of hydrogen-bond donors (Lipinski definition) is 0. The zero-order chi connectivity index (χ0) is 10.7. The molecule has 2 nitrogen and oxygen atoms in total. The minimum Gasteiger partial charge on any atom is -0.302 e. The number of hydrogen-bond acceptors (Lipinski definition) is 2. The second-order valence-corrected chi connectivity index (χ2v) is 5.32. The molecule has 0 aromatic carbocycles. The highest BCUT2D eigenvalue weighted by Crippen LogP contribution is 2.33. The zero-order valence-corrected chi connectivity index (χ0v) is 9.92. The van der Waals surface area contributed by atoms with Gasteiger partial charge in [-0.15, -0.1) is 0 Å². The fourth-order valence-electron chi connectivity index (χ4n) is 2.65. The maximum atomic E-state index is 11.9. The lowest BCUT2D eigenvalue weighted by molar-refractivity contribution is -0.125. The SMILES string of the molecule is CC1CC(C)CC(C(=O)CN(C)C)C1. The summed E-state index contributed by atoms with van der Waals surface area (Å²) in [6, 6.07) is 0. The van der Waals surface area contributed by atoms with Crippen molar-refractivity contribution in [1.29, 1.82) is 0 Å². The molecule has 2 unspecified atom stereocenters. The molecule has 0 aliphatic heterocycles. The third-order valence-corrected chi connectivity index (χ3v) is 3.11. The van der Waals surface area contributed by atoms with E-state index in [0.29, 0.717) is 18.2 Å². The number of carbonyl (C=O) groups is 1. The van der Waals surface area contributed by atoms with Gasteiger partial charge >= 0.3 is 0 Å². The van der Waals surface area contributed by atoms with E-state index in [2.05, 4.69) is 13.8 Å². The summed E-state index contributed by atoms with van der Waals surface area (Å²) in [4.78, 5) is 13.8. The van der Waals surface area contributed by atoms with Crippen molar-refractivity contribution in [3.63, 3.8) is 0 Å². The van der Waals surface area contributed by atoms with Crippen molar-refractivity contribution >= 4 is 5.78 Å². The summed E-state index contributed by atoms with van der Waals surface area (Å²) >= 11 is 0. The lowest BCUT2D eigenvalue weighted by Gasteiger charge is -2.31. The zero-order valence-electron chi connectivity index (χ0n) is 9.92. The van der Waals surface area contributed by atoms with Gasteiger partial charge in [0.2, 0.25) is 0 Å². The summed E-state index contributed by atoms with van der Waals surface area (Å²) in [5, 5.41) is 0. The molecule has 0 aromatic heterocycles. The Morgan fingerprint density at radius 1 is 1.14 bits per heavy atom. The topological polar surface area (TPSA) is 20.3 Å². The molecule has 2 atom stereocenters. The number of rotatable bonds is 3. The minimum absolute atomic E-state index is 0.330. The van der Waals surface area contributed by atoms with Crippen molar-refractivity contribution in [2.24, 2.45) is 17.8 Å². The van der Waals surface area contributed by atoms with Gasteiger partial charge < -0.3 is 4.90 Å². The van der Waals surface area contributed by atoms with Crippen LogP contribution in [0.1, 0.15) is 33.1 Å². The van der Waals surface area contributed by atoms with Gasteiger partial charge in [0, 0.05) is 5.92 Å². The Morgan fingerprint density at radius 3 is 2.07 bits per heavy atom. The maximum absolute atomic E-state index is 11.9. The van der Waals surface area contributed by atoms with Crippen molar-refractivity contribution in [3.05, 3.63) is 0 Å². The fourth-order valence-corrected chi connectivity index (χ4v) is 2.65. The van der Waals surface area contributed by atoms with E-state index in [1.54, 1.807) is 0 Å². The average Bonchev–Trinajstić information content (AvgIpc) is 2.00. The predicted octanol–water partition coefficient (Wildman–Crippen LogP) is 2.19. The van der Waals surface area contributed by atoms with Gasteiger partial charge in [0.05, 0.1) is 6.54 Å². The molecule has 0 bridgehead atoms. The highest BCUT2D eigenvalue weighted by molar-refractivity contribution is 5.83. The Balaban J connectivity index is 2.46. The number of ketones is 1. The fraction of sp³-hybridized carbons (Fsp3) is 0.917. The van der Waals surface area contributed by atoms with Crippen LogP contribution in [0, 0.1) is 17.8 Å². The highest BCUT2D eigenvalue weighted by atomic mass is 16.1. The van der Waals surface area contributed by atoms with E-state index in [4.69, 9.17) is 0 Å². The summed E-state index contributed by atoms with van der Waals surface area (Å²) in [5.74, 6) is 2.23. The lowest BCUT2D eigenvalue weighted by Crippen LogP contribution is -2.32. The number of nitrogens with zero attached hydrogens (tertiary/aromatic N) is 1. The van der Waals surface area contributed by atoms with E-state index >= 15 is 0 Å². The molecule has 0 aromatic rings. The molecule has 1 rings (SSSR count). The minimum atomic E-state index is 0.330. The largest absolute Gasteiger partial charge is 0.302 e. The van der Waals surface area contributed by atoms with Gasteiger partial charge in [-0.2, -0.15) is 0 Å². The van der Waals surface area contributed by atoms with Crippen LogP contribution in [-0.4, -0.2) is 31.3 Å². The molecule has 1 aliphatic carbocycles. The number of Topliss-reactive ketones (excluding diaryl/α,β-unsaturated/α-hetero) is 1. The van der Waals surface area contributed by atoms with Crippen LogP contribution in [-0.2, 0) is 4.79 Å². The van der Waals surface area contributed by atoms with Crippen LogP contribution in [0.25, 0.3) is 0 Å². The Morgan fingerprint density at radius 2 is 1.64 bits per heavy atom. The maximum Gasteiger partial charge on any atom is 0.149 e. The molecule has 0 radical (unpaired) electrons. The van der Waals surface area contributed by atoms with E-state index in [9.17, 15) is 4.79 Å². The summed E-state index contributed by atoms with van der Waals surface area (Å²) in [6.45, 7) is 5.15. The summed E-state index contributed by atoms with van der Waals surface area (Å²) < 4.78 is 0. The molecule has 14 heavy (non-hydrogen) atoms. The molecular weight excluding hydrogens is 174 g/mol. The molecule has 0 N–H and O–H groups in total. The van der Waals surface area contributed by atoms with Gasteiger partial charge in [0.15, 0.2) is 0 Å². The Labute approximate surface area is 87.7 Å². The third-order valence-electron chi connectivity index (χ3n) is 3.11. The molecule has 0 amide bonds. The summed E-state index contributed by atoms with van der Waals surface area (Å²) in [7, 11) is 3.93. The van der Waals surface area contributed by atoms with Crippen molar-refractivity contribution < 1.29 is 4.79 Å². The van der Waals surface area contributed by atoms with Crippen molar-refractivity contribution in [2.45, 2.75) is 33.1 Å². The summed E-state index contributed by atoms with van der Waals surface area (Å²) in [6.07, 6.45) is 3.51. The molecular formula is C12H23NO. The van der Waals surface area contributed by atoms with Crippen molar-refractivity contribution in [2.75, 3.05) is 20.6 Å². The molecule has 82 valence electrons. The predicted molar refractivity (Wildman–Crippen MR) is 59.2 cm³/mol. The average molecular weight is 197 g/mol. The molecule has 1 aliphatic rings. The van der Waals surface area contributed by atoms with Gasteiger partial charge in [-0.05, 0) is 45.2 Å². The van der Waals surface area contributed by atoms with E-state index in [1.165, 1.54) is 6.42 Å². The molecule has 2 heteroatoms. The number of likely N-dealkylation sites (N-methyl/N-ethyl adjacent to an activating group) is 1. The molecule has 0 saturated heterocycles. The highest BCUT2D eigenvalue weighted by Gasteiger charge is 2.28. The van der Waals surface area contributed by atoms with Gasteiger partial charge in [-0.1, -0.05) is 13.8 Å². The van der Waals surface area contributed by atoms with Crippen LogP contribution in [0.2, 0.25) is 0 Å². The van der Waals surface area contributed by atoms with E-state index in [1.807, 2.05) is 19.0 Å². The van der Waals surface area contributed by atoms with Crippen LogP contribution >= 0.6 is 0 Å². The third kappa shape index (κ3) is 3.41. The Bertz CT molecular complexity index is 190. The first-order chi connectivity index (χ1) is 6.49. The summed E-state index contributed by atoms with van der Waals surface area (Å²) in [5.41, 5.74) is 0. The molecule has 1 fully saturated rings. The van der Waals surface area contributed by atoms with Crippen molar-refractivity contribution in [3.8, 4) is 0 Å². The Hall–Kier alpha value is -0.370. The Kier molecular flexibility index (Phi) is 4.11. The normalized spacial score (nSPS) is 33.4. The second-order valence-electron chi connectivity index (χ2n) is 5.32. The quantitative estimate of drug-likeness (QED) is 0.691. The monoisotopic (exact) mass is 197 g/mol. The first-order valence-electron chi connectivity index (χ1n) is 5.66. The van der Waals surface area contributed by atoms with Gasteiger partial charge in [0.25, 0.3) is 0 Å². The van der Waals surface area contributed by atoms with Crippen LogP contribution in [0.5, 0.6) is 0 Å². The van der Waals surface area contributed by atoms with E-state index in [0.717, 1.165) is 24.7 Å². The molecule has 1 saturated carbocycles.